The van der Waals surface area contributed by atoms with Gasteiger partial charge in [0.25, 0.3) is 0 Å². The molecule has 122 valence electrons. The van der Waals surface area contributed by atoms with Gasteiger partial charge in [-0.2, -0.15) is 0 Å². The highest BCUT2D eigenvalue weighted by molar-refractivity contribution is 5.64. The summed E-state index contributed by atoms with van der Waals surface area (Å²) in [6.07, 6.45) is 0. The quantitative estimate of drug-likeness (QED) is 0.727. The van der Waals surface area contributed by atoms with Crippen LogP contribution in [0.3, 0.4) is 0 Å². The molecule has 0 saturated carbocycles. The van der Waals surface area contributed by atoms with Gasteiger partial charge in [-0.15, -0.1) is 0 Å². The number of nitrogens with one attached hydrogen (secondary N) is 2. The number of halogens is 1. The fraction of sp³-hybridized carbons (Fsp3) is 0.111. The molecule has 3 rings (SSSR count). The number of hydrogen-bond acceptors (Lipinski definition) is 5. The average molecular weight is 324 g/mol. The van der Waals surface area contributed by atoms with Crippen molar-refractivity contribution in [3.05, 3.63) is 66.2 Å². The van der Waals surface area contributed by atoms with Gasteiger partial charge in [0.15, 0.2) is 0 Å². The van der Waals surface area contributed by atoms with Crippen LogP contribution in [0, 0.1) is 12.7 Å². The smallest absolute Gasteiger partial charge is 0.146 e. The third kappa shape index (κ3) is 3.78. The van der Waals surface area contributed by atoms with E-state index in [1.165, 1.54) is 6.07 Å². The minimum Gasteiger partial charge on any atom is -0.497 e. The molecule has 5 nitrogen and oxygen atoms in total. The highest BCUT2D eigenvalue weighted by atomic mass is 19.1. The number of methoxy groups -OCH3 is 1. The summed E-state index contributed by atoms with van der Waals surface area (Å²) in [6, 6.07) is 15.7. The molecule has 0 aliphatic carbocycles. The molecular weight excluding hydrogens is 307 g/mol. The first-order valence-electron chi connectivity index (χ1n) is 7.42. The van der Waals surface area contributed by atoms with Gasteiger partial charge < -0.3 is 15.4 Å². The van der Waals surface area contributed by atoms with Gasteiger partial charge in [0.05, 0.1) is 12.8 Å². The van der Waals surface area contributed by atoms with E-state index >= 15 is 0 Å². The van der Waals surface area contributed by atoms with E-state index in [1.807, 2.05) is 24.3 Å². The van der Waals surface area contributed by atoms with Gasteiger partial charge in [-0.25, -0.2) is 14.4 Å². The summed E-state index contributed by atoms with van der Waals surface area (Å²) < 4.78 is 19.0. The number of para-hydroxylation sites is 1. The van der Waals surface area contributed by atoms with Gasteiger partial charge in [0.1, 0.15) is 29.0 Å². The molecule has 0 atom stereocenters. The number of anilines is 4. The van der Waals surface area contributed by atoms with Crippen LogP contribution < -0.4 is 15.4 Å². The Morgan fingerprint density at radius 2 is 1.67 bits per heavy atom. The second-order valence-electron chi connectivity index (χ2n) is 5.15. The summed E-state index contributed by atoms with van der Waals surface area (Å²) in [7, 11) is 1.62. The van der Waals surface area contributed by atoms with E-state index in [-0.39, 0.29) is 5.82 Å². The summed E-state index contributed by atoms with van der Waals surface area (Å²) in [5, 5.41) is 6.17. The predicted octanol–water partition coefficient (Wildman–Crippen LogP) is 4.42. The van der Waals surface area contributed by atoms with Crippen molar-refractivity contribution in [3.8, 4) is 5.75 Å². The molecular formula is C18H17FN4O. The van der Waals surface area contributed by atoms with Gasteiger partial charge in [-0.05, 0) is 31.2 Å². The summed E-state index contributed by atoms with van der Waals surface area (Å²) in [5.74, 6) is 2.10. The minimum absolute atomic E-state index is 0.337. The summed E-state index contributed by atoms with van der Waals surface area (Å²) >= 11 is 0. The molecule has 1 heterocycles. The van der Waals surface area contributed by atoms with Crippen LogP contribution in [0.15, 0.2) is 54.6 Å². The molecule has 1 aromatic heterocycles. The van der Waals surface area contributed by atoms with Crippen molar-refractivity contribution in [1.82, 2.24) is 9.97 Å². The van der Waals surface area contributed by atoms with Crippen LogP contribution in [-0.4, -0.2) is 17.1 Å². The normalized spacial score (nSPS) is 10.3. The fourth-order valence-electron chi connectivity index (χ4n) is 2.25. The Morgan fingerprint density at radius 1 is 0.917 bits per heavy atom. The molecule has 0 fully saturated rings. The van der Waals surface area contributed by atoms with Crippen molar-refractivity contribution < 1.29 is 9.13 Å². The van der Waals surface area contributed by atoms with Crippen molar-refractivity contribution in [1.29, 1.82) is 0 Å². The van der Waals surface area contributed by atoms with Crippen molar-refractivity contribution in [3.63, 3.8) is 0 Å². The standard InChI is InChI=1S/C18H17FN4O/c1-12-20-17(22-13-6-5-7-14(10-13)24-2)11-18(21-12)23-16-9-4-3-8-15(16)19/h3-11H,1-2H3,(H2,20,21,22,23). The monoisotopic (exact) mass is 324 g/mol. The van der Waals surface area contributed by atoms with Gasteiger partial charge in [-0.1, -0.05) is 18.2 Å². The second kappa shape index (κ2) is 6.95. The first-order chi connectivity index (χ1) is 11.6. The number of aryl methyl sites for hydroxylation is 1. The van der Waals surface area contributed by atoms with E-state index in [9.17, 15) is 4.39 Å². The molecule has 0 saturated heterocycles. The zero-order valence-electron chi connectivity index (χ0n) is 13.4. The van der Waals surface area contributed by atoms with Crippen molar-refractivity contribution in [2.24, 2.45) is 0 Å². The number of ether oxygens (including phenoxy) is 1. The second-order valence-corrected chi connectivity index (χ2v) is 5.15. The molecule has 3 aromatic rings. The van der Waals surface area contributed by atoms with E-state index in [0.29, 0.717) is 23.1 Å². The molecule has 0 radical (unpaired) electrons. The Labute approximate surface area is 139 Å². The van der Waals surface area contributed by atoms with Crippen LogP contribution >= 0.6 is 0 Å². The number of nitrogens with zero attached hydrogens (tertiary/aromatic N) is 2. The van der Waals surface area contributed by atoms with Crippen LogP contribution in [0.2, 0.25) is 0 Å². The van der Waals surface area contributed by atoms with Crippen LogP contribution in [0.5, 0.6) is 5.75 Å². The highest BCUT2D eigenvalue weighted by Crippen LogP contribution is 2.23. The fourth-order valence-corrected chi connectivity index (χ4v) is 2.25. The topological polar surface area (TPSA) is 59.1 Å². The number of hydrogen-bond donors (Lipinski definition) is 2. The van der Waals surface area contributed by atoms with E-state index in [4.69, 9.17) is 4.74 Å². The first-order valence-corrected chi connectivity index (χ1v) is 7.42. The lowest BCUT2D eigenvalue weighted by Crippen LogP contribution is -2.02. The molecule has 0 amide bonds. The molecule has 6 heteroatoms. The van der Waals surface area contributed by atoms with E-state index in [0.717, 1.165) is 11.4 Å². The molecule has 0 aliphatic heterocycles. The minimum atomic E-state index is -0.337. The maximum atomic E-state index is 13.8. The molecule has 2 N–H and O–H groups in total. The molecule has 0 unspecified atom stereocenters. The van der Waals surface area contributed by atoms with E-state index < -0.39 is 0 Å². The SMILES string of the molecule is COc1cccc(Nc2cc(Nc3ccccc3F)nc(C)n2)c1. The number of rotatable bonds is 5. The van der Waals surface area contributed by atoms with Crippen LogP contribution in [0.4, 0.5) is 27.4 Å². The predicted molar refractivity (Wildman–Crippen MR) is 92.7 cm³/mol. The van der Waals surface area contributed by atoms with Gasteiger partial charge in [0.2, 0.25) is 0 Å². The Morgan fingerprint density at radius 3 is 2.42 bits per heavy atom. The van der Waals surface area contributed by atoms with Crippen LogP contribution in [-0.2, 0) is 0 Å². The maximum absolute atomic E-state index is 13.8. The third-order valence-electron chi connectivity index (χ3n) is 3.32. The lowest BCUT2D eigenvalue weighted by atomic mass is 10.3. The molecule has 0 bridgehead atoms. The van der Waals surface area contributed by atoms with Crippen LogP contribution in [0.25, 0.3) is 0 Å². The first kappa shape index (κ1) is 15.7. The summed E-state index contributed by atoms with van der Waals surface area (Å²) in [5.41, 5.74) is 1.20. The van der Waals surface area contributed by atoms with Crippen molar-refractivity contribution in [2.75, 3.05) is 17.7 Å². The van der Waals surface area contributed by atoms with E-state index in [2.05, 4.69) is 20.6 Å². The van der Waals surface area contributed by atoms with Crippen molar-refractivity contribution >= 4 is 23.0 Å². The van der Waals surface area contributed by atoms with Gasteiger partial charge in [-0.3, -0.25) is 0 Å². The Hall–Kier alpha value is -3.15. The molecule has 0 spiro atoms. The lowest BCUT2D eigenvalue weighted by molar-refractivity contribution is 0.415. The molecule has 24 heavy (non-hydrogen) atoms. The third-order valence-corrected chi connectivity index (χ3v) is 3.32. The largest absolute Gasteiger partial charge is 0.497 e. The Bertz CT molecular complexity index is 854. The maximum Gasteiger partial charge on any atom is 0.146 e. The molecule has 2 aromatic carbocycles. The molecule has 0 aliphatic rings. The van der Waals surface area contributed by atoms with E-state index in [1.54, 1.807) is 38.3 Å². The van der Waals surface area contributed by atoms with Crippen molar-refractivity contribution in [2.45, 2.75) is 6.92 Å². The number of aromatic nitrogens is 2. The Kier molecular flexibility index (Phi) is 4.56. The summed E-state index contributed by atoms with van der Waals surface area (Å²) in [6.45, 7) is 1.78. The lowest BCUT2D eigenvalue weighted by Gasteiger charge is -2.11. The number of benzene rings is 2. The van der Waals surface area contributed by atoms with Gasteiger partial charge in [0, 0.05) is 17.8 Å². The highest BCUT2D eigenvalue weighted by Gasteiger charge is 2.06. The summed E-state index contributed by atoms with van der Waals surface area (Å²) in [4.78, 5) is 8.64. The average Bonchev–Trinajstić information content (AvgIpc) is 2.56. The zero-order valence-corrected chi connectivity index (χ0v) is 13.4. The Balaban J connectivity index is 1.84. The van der Waals surface area contributed by atoms with Gasteiger partial charge >= 0.3 is 0 Å². The van der Waals surface area contributed by atoms with Crippen LogP contribution in [0.1, 0.15) is 5.82 Å². The zero-order chi connectivity index (χ0) is 16.9.